The molecule has 40 heavy (non-hydrogen) atoms. The largest absolute Gasteiger partial charge is 0.362 e. The van der Waals surface area contributed by atoms with Crippen molar-refractivity contribution in [3.8, 4) is 0 Å². The predicted molar refractivity (Wildman–Crippen MR) is 146 cm³/mol. The van der Waals surface area contributed by atoms with Crippen molar-refractivity contribution in [3.63, 3.8) is 0 Å². The van der Waals surface area contributed by atoms with E-state index in [0.717, 1.165) is 10.6 Å². The summed E-state index contributed by atoms with van der Waals surface area (Å²) in [6.07, 6.45) is 7.24. The first-order valence-corrected chi connectivity index (χ1v) is 13.0. The van der Waals surface area contributed by atoms with E-state index in [0.29, 0.717) is 45.9 Å². The lowest BCUT2D eigenvalue weighted by atomic mass is 10.2. The average Bonchev–Trinajstić information content (AvgIpc) is 3.55. The minimum atomic E-state index is -0.440. The summed E-state index contributed by atoms with van der Waals surface area (Å²) in [5.74, 6) is 0.894. The zero-order valence-corrected chi connectivity index (χ0v) is 22.6. The van der Waals surface area contributed by atoms with E-state index in [1.807, 2.05) is 19.9 Å². The molecule has 3 atom stereocenters. The molecule has 0 aromatic carbocycles. The Morgan fingerprint density at radius 3 is 2.67 bits per heavy atom. The Kier molecular flexibility index (Phi) is 6.29. The van der Waals surface area contributed by atoms with Gasteiger partial charge in [-0.3, -0.25) is 19.4 Å². The van der Waals surface area contributed by atoms with Gasteiger partial charge in [-0.15, -0.1) is 0 Å². The molecule has 2 aliphatic rings. The van der Waals surface area contributed by atoms with Crippen molar-refractivity contribution < 1.29 is 14.4 Å². The third-order valence-electron chi connectivity index (χ3n) is 6.99. The number of aromatic nitrogens is 6. The zero-order valence-electron chi connectivity index (χ0n) is 21.9. The number of nitrogens with zero attached hydrogens (tertiary/aromatic N) is 8. The van der Waals surface area contributed by atoms with Crippen LogP contribution in [0.25, 0.3) is 5.65 Å². The van der Waals surface area contributed by atoms with Crippen LogP contribution in [-0.4, -0.2) is 65.7 Å². The summed E-state index contributed by atoms with van der Waals surface area (Å²) in [7, 11) is 1.44. The Hall–Kier alpha value is -4.65. The van der Waals surface area contributed by atoms with Crippen molar-refractivity contribution in [1.82, 2.24) is 34.2 Å². The van der Waals surface area contributed by atoms with Gasteiger partial charge >= 0.3 is 6.03 Å². The number of aryl methyl sites for hydroxylation is 1. The lowest BCUT2D eigenvalue weighted by Gasteiger charge is -2.16. The number of imide groups is 1. The Morgan fingerprint density at radius 2 is 1.93 bits per heavy atom. The summed E-state index contributed by atoms with van der Waals surface area (Å²) < 4.78 is 1.72. The number of hydrogen-bond acceptors (Lipinski definition) is 9. The van der Waals surface area contributed by atoms with Crippen LogP contribution in [0.15, 0.2) is 43.1 Å². The van der Waals surface area contributed by atoms with E-state index < -0.39 is 6.03 Å². The molecule has 2 unspecified atom stereocenters. The number of imidazole rings is 1. The number of halogens is 1. The molecule has 1 saturated carbocycles. The molecule has 1 aliphatic carbocycles. The van der Waals surface area contributed by atoms with Crippen LogP contribution in [0.1, 0.15) is 42.5 Å². The molecule has 0 bridgehead atoms. The lowest BCUT2D eigenvalue weighted by molar-refractivity contribution is -0.124. The SMILES string of the molecule is Cc1ccnc(C2CC2C(=O)Nc2cc(N[C@H](C)c3cn4cc(Cl)cc(N5CC(=O)N(C)C5=O)c4n3)ncn2)n1. The number of pyridine rings is 1. The third-order valence-corrected chi connectivity index (χ3v) is 7.20. The molecule has 4 amide bonds. The van der Waals surface area contributed by atoms with Gasteiger partial charge in [0.2, 0.25) is 11.8 Å². The van der Waals surface area contributed by atoms with Gasteiger partial charge in [-0.05, 0) is 32.4 Å². The molecule has 6 rings (SSSR count). The number of amides is 4. The highest BCUT2D eigenvalue weighted by molar-refractivity contribution is 6.31. The standard InChI is InChI=1S/C26H25ClN10O3/c1-13-4-5-28-23(31-13)16-7-17(16)25(39)34-21-8-20(29-12-30-21)32-14(2)18-10-36-9-15(27)6-19(24(36)33-18)37-11-22(38)35(3)26(37)40/h4-6,8-10,12,14,16-17H,7,11H2,1-3H3,(H2,29,30,32,34,39)/t14-,16?,17?/m1/s1. The molecule has 204 valence electrons. The fourth-order valence-electron chi connectivity index (χ4n) is 4.69. The second-order valence-corrected chi connectivity index (χ2v) is 10.3. The Morgan fingerprint density at radius 1 is 1.12 bits per heavy atom. The number of carbonyl (C=O) groups is 3. The minimum Gasteiger partial charge on any atom is -0.362 e. The van der Waals surface area contributed by atoms with Crippen LogP contribution in [0.2, 0.25) is 5.02 Å². The van der Waals surface area contributed by atoms with Crippen molar-refractivity contribution in [2.75, 3.05) is 29.1 Å². The number of carbonyl (C=O) groups excluding carboxylic acids is 3. The van der Waals surface area contributed by atoms with Crippen LogP contribution in [0.3, 0.4) is 0 Å². The van der Waals surface area contributed by atoms with Crippen LogP contribution < -0.4 is 15.5 Å². The normalized spacial score (nSPS) is 19.3. The molecule has 4 aromatic heterocycles. The van der Waals surface area contributed by atoms with Gasteiger partial charge < -0.3 is 15.0 Å². The van der Waals surface area contributed by atoms with Gasteiger partial charge in [-0.1, -0.05) is 11.6 Å². The number of rotatable bonds is 7. The molecule has 14 heteroatoms. The van der Waals surface area contributed by atoms with E-state index in [1.54, 1.807) is 35.1 Å². The number of urea groups is 1. The van der Waals surface area contributed by atoms with Gasteiger partial charge in [0, 0.05) is 49.2 Å². The molecule has 1 saturated heterocycles. The Labute approximate surface area is 233 Å². The van der Waals surface area contributed by atoms with Crippen LogP contribution >= 0.6 is 11.6 Å². The highest BCUT2D eigenvalue weighted by atomic mass is 35.5. The molecule has 0 radical (unpaired) electrons. The minimum absolute atomic E-state index is 0.00201. The second kappa shape index (κ2) is 9.83. The van der Waals surface area contributed by atoms with E-state index in [2.05, 4.69) is 30.6 Å². The fourth-order valence-corrected chi connectivity index (χ4v) is 4.90. The third kappa shape index (κ3) is 4.79. The molecule has 1 aliphatic heterocycles. The molecule has 4 aromatic rings. The van der Waals surface area contributed by atoms with Gasteiger partial charge in [0.1, 0.15) is 30.3 Å². The van der Waals surface area contributed by atoms with Crippen molar-refractivity contribution in [3.05, 3.63) is 65.4 Å². The molecule has 2 fully saturated rings. The molecule has 13 nitrogen and oxygen atoms in total. The van der Waals surface area contributed by atoms with E-state index in [-0.39, 0.29) is 36.2 Å². The summed E-state index contributed by atoms with van der Waals surface area (Å²) >= 11 is 6.32. The van der Waals surface area contributed by atoms with Crippen LogP contribution in [0.4, 0.5) is 22.1 Å². The lowest BCUT2D eigenvalue weighted by Crippen LogP contribution is -2.30. The molecule has 0 spiro atoms. The zero-order chi connectivity index (χ0) is 28.1. The van der Waals surface area contributed by atoms with Gasteiger partial charge in [-0.25, -0.2) is 29.7 Å². The van der Waals surface area contributed by atoms with Crippen molar-refractivity contribution in [1.29, 1.82) is 0 Å². The first kappa shape index (κ1) is 25.6. The van der Waals surface area contributed by atoms with Gasteiger partial charge in [0.15, 0.2) is 5.65 Å². The monoisotopic (exact) mass is 560 g/mol. The number of nitrogens with one attached hydrogen (secondary N) is 2. The quantitative estimate of drug-likeness (QED) is 0.325. The van der Waals surface area contributed by atoms with Gasteiger partial charge in [0.25, 0.3) is 0 Å². The number of likely N-dealkylation sites (N-methyl/N-ethyl adjacent to an activating group) is 1. The first-order valence-electron chi connectivity index (χ1n) is 12.6. The Bertz CT molecular complexity index is 1670. The highest BCUT2D eigenvalue weighted by Crippen LogP contribution is 2.46. The van der Waals surface area contributed by atoms with E-state index >= 15 is 0 Å². The fraction of sp³-hybridized carbons (Fsp3) is 0.308. The Balaban J connectivity index is 1.16. The predicted octanol–water partition coefficient (Wildman–Crippen LogP) is 3.19. The van der Waals surface area contributed by atoms with Crippen molar-refractivity contribution >= 4 is 52.4 Å². The second-order valence-electron chi connectivity index (χ2n) is 9.91. The maximum Gasteiger partial charge on any atom is 0.331 e. The molecular weight excluding hydrogens is 536 g/mol. The van der Waals surface area contributed by atoms with E-state index in [4.69, 9.17) is 16.6 Å². The van der Waals surface area contributed by atoms with E-state index in [1.165, 1.54) is 18.3 Å². The average molecular weight is 561 g/mol. The van der Waals surface area contributed by atoms with Gasteiger partial charge in [-0.2, -0.15) is 0 Å². The van der Waals surface area contributed by atoms with Crippen LogP contribution in [0, 0.1) is 12.8 Å². The first-order chi connectivity index (χ1) is 19.2. The van der Waals surface area contributed by atoms with Crippen molar-refractivity contribution in [2.24, 2.45) is 5.92 Å². The van der Waals surface area contributed by atoms with Crippen molar-refractivity contribution in [2.45, 2.75) is 32.2 Å². The number of anilines is 3. The maximum absolute atomic E-state index is 12.8. The summed E-state index contributed by atoms with van der Waals surface area (Å²) in [6.45, 7) is 3.71. The number of hydrogen-bond donors (Lipinski definition) is 2. The topological polar surface area (TPSA) is 151 Å². The summed E-state index contributed by atoms with van der Waals surface area (Å²) in [6, 6.07) is 4.34. The summed E-state index contributed by atoms with van der Waals surface area (Å²) in [5.41, 5.74) is 2.44. The van der Waals surface area contributed by atoms with E-state index in [9.17, 15) is 14.4 Å². The molecule has 5 heterocycles. The van der Waals surface area contributed by atoms with Crippen LogP contribution in [-0.2, 0) is 9.59 Å². The molecular formula is C26H25ClN10O3. The highest BCUT2D eigenvalue weighted by Gasteiger charge is 2.46. The van der Waals surface area contributed by atoms with Crippen LogP contribution in [0.5, 0.6) is 0 Å². The number of fused-ring (bicyclic) bond motifs is 1. The van der Waals surface area contributed by atoms with Gasteiger partial charge in [0.05, 0.1) is 22.4 Å². The molecule has 2 N–H and O–H groups in total. The summed E-state index contributed by atoms with van der Waals surface area (Å²) in [5, 5.41) is 6.52. The summed E-state index contributed by atoms with van der Waals surface area (Å²) in [4.78, 5) is 61.8. The smallest absolute Gasteiger partial charge is 0.331 e. The maximum atomic E-state index is 12.8.